The first kappa shape index (κ1) is 18.9. The zero-order valence-corrected chi connectivity index (χ0v) is 16.3. The Balaban J connectivity index is 1.43. The van der Waals surface area contributed by atoms with E-state index in [1.165, 1.54) is 12.1 Å². The fraction of sp³-hybridized carbons (Fsp3) is 0.524. The molecule has 6 nitrogen and oxygen atoms in total. The van der Waals surface area contributed by atoms with Crippen LogP contribution in [0, 0.1) is 5.82 Å². The van der Waals surface area contributed by atoms with Crippen LogP contribution in [0.5, 0.6) is 5.75 Å². The highest BCUT2D eigenvalue weighted by atomic mass is 19.1. The highest BCUT2D eigenvalue weighted by Crippen LogP contribution is 2.36. The molecule has 1 spiro atoms. The molecule has 2 atom stereocenters. The number of amides is 1. The predicted octanol–water partition coefficient (Wildman–Crippen LogP) is 3.45. The minimum Gasteiger partial charge on any atom is -0.488 e. The van der Waals surface area contributed by atoms with Gasteiger partial charge in [-0.3, -0.25) is 9.48 Å². The lowest BCUT2D eigenvalue weighted by Crippen LogP contribution is -2.50. The topological polar surface area (TPSA) is 56.6 Å². The van der Waals surface area contributed by atoms with Crippen LogP contribution in [-0.4, -0.2) is 52.0 Å². The normalized spacial score (nSPS) is 24.9. The van der Waals surface area contributed by atoms with Crippen LogP contribution in [0.3, 0.4) is 0 Å². The summed E-state index contributed by atoms with van der Waals surface area (Å²) in [4.78, 5) is 14.9. The second-order valence-corrected chi connectivity index (χ2v) is 7.98. The third kappa shape index (κ3) is 3.76. The van der Waals surface area contributed by atoms with E-state index in [4.69, 9.17) is 9.47 Å². The van der Waals surface area contributed by atoms with E-state index in [9.17, 15) is 9.18 Å². The number of aromatic nitrogens is 2. The molecule has 1 amide bonds. The van der Waals surface area contributed by atoms with Crippen molar-refractivity contribution >= 4 is 5.91 Å². The SMILES string of the molecule is CC(C)n1nccc1C(=O)N1CCC[C@@]2(C[C@@H](Oc3cccc(F)c3)CO2)C1. The van der Waals surface area contributed by atoms with Gasteiger partial charge in [-0.05, 0) is 44.9 Å². The minimum absolute atomic E-state index is 0.0108. The second kappa shape index (κ2) is 7.54. The van der Waals surface area contributed by atoms with Crippen molar-refractivity contribution in [1.82, 2.24) is 14.7 Å². The van der Waals surface area contributed by atoms with Crippen LogP contribution >= 0.6 is 0 Å². The lowest BCUT2D eigenvalue weighted by Gasteiger charge is -2.39. The molecule has 150 valence electrons. The minimum atomic E-state index is -0.394. The van der Waals surface area contributed by atoms with Gasteiger partial charge in [0.25, 0.3) is 5.91 Å². The third-order valence-corrected chi connectivity index (χ3v) is 5.48. The summed E-state index contributed by atoms with van der Waals surface area (Å²) in [5.41, 5.74) is 0.215. The fourth-order valence-corrected chi connectivity index (χ4v) is 4.22. The van der Waals surface area contributed by atoms with Gasteiger partial charge < -0.3 is 14.4 Å². The van der Waals surface area contributed by atoms with E-state index in [2.05, 4.69) is 5.10 Å². The smallest absolute Gasteiger partial charge is 0.272 e. The molecule has 2 saturated heterocycles. The lowest BCUT2D eigenvalue weighted by molar-refractivity contribution is -0.0455. The Morgan fingerprint density at radius 1 is 1.39 bits per heavy atom. The molecule has 7 heteroatoms. The molecule has 0 saturated carbocycles. The fourth-order valence-electron chi connectivity index (χ4n) is 4.22. The maximum absolute atomic E-state index is 13.4. The molecule has 2 aliphatic rings. The first-order valence-corrected chi connectivity index (χ1v) is 9.85. The van der Waals surface area contributed by atoms with Crippen LogP contribution in [0.4, 0.5) is 4.39 Å². The van der Waals surface area contributed by atoms with E-state index in [1.807, 2.05) is 18.7 Å². The first-order chi connectivity index (χ1) is 13.5. The van der Waals surface area contributed by atoms with E-state index < -0.39 is 5.60 Å². The summed E-state index contributed by atoms with van der Waals surface area (Å²) in [5, 5.41) is 4.27. The van der Waals surface area contributed by atoms with Gasteiger partial charge in [-0.25, -0.2) is 4.39 Å². The Hall–Kier alpha value is -2.41. The summed E-state index contributed by atoms with van der Waals surface area (Å²) < 4.78 is 27.2. The highest BCUT2D eigenvalue weighted by molar-refractivity contribution is 5.92. The van der Waals surface area contributed by atoms with E-state index in [0.717, 1.165) is 12.8 Å². The van der Waals surface area contributed by atoms with Gasteiger partial charge in [0.05, 0.1) is 18.8 Å². The first-order valence-electron chi connectivity index (χ1n) is 9.85. The number of carbonyl (C=O) groups excluding carboxylic acids is 1. The zero-order chi connectivity index (χ0) is 19.7. The van der Waals surface area contributed by atoms with E-state index >= 15 is 0 Å². The molecule has 2 aliphatic heterocycles. The Labute approximate surface area is 164 Å². The largest absolute Gasteiger partial charge is 0.488 e. The van der Waals surface area contributed by atoms with E-state index in [1.54, 1.807) is 29.1 Å². The van der Waals surface area contributed by atoms with Crippen LogP contribution in [-0.2, 0) is 4.74 Å². The molecule has 0 bridgehead atoms. The van der Waals surface area contributed by atoms with Gasteiger partial charge in [0.2, 0.25) is 0 Å². The number of ether oxygens (including phenoxy) is 2. The van der Waals surface area contributed by atoms with Crippen molar-refractivity contribution in [3.63, 3.8) is 0 Å². The van der Waals surface area contributed by atoms with Crippen molar-refractivity contribution in [2.24, 2.45) is 0 Å². The van der Waals surface area contributed by atoms with Crippen molar-refractivity contribution < 1.29 is 18.7 Å². The Bertz CT molecular complexity index is 853. The number of likely N-dealkylation sites (tertiary alicyclic amines) is 1. The molecule has 0 unspecified atom stereocenters. The van der Waals surface area contributed by atoms with Crippen LogP contribution in [0.1, 0.15) is 49.6 Å². The highest BCUT2D eigenvalue weighted by Gasteiger charge is 2.45. The van der Waals surface area contributed by atoms with Crippen molar-refractivity contribution in [2.75, 3.05) is 19.7 Å². The quantitative estimate of drug-likeness (QED) is 0.806. The number of rotatable bonds is 4. The number of benzene rings is 1. The summed E-state index contributed by atoms with van der Waals surface area (Å²) in [6.45, 7) is 5.72. The summed E-state index contributed by atoms with van der Waals surface area (Å²) in [6, 6.07) is 8.06. The van der Waals surface area contributed by atoms with Crippen molar-refractivity contribution in [2.45, 2.75) is 50.9 Å². The average Bonchev–Trinajstić information content (AvgIpc) is 3.29. The monoisotopic (exact) mass is 387 g/mol. The van der Waals surface area contributed by atoms with Crippen LogP contribution in [0.2, 0.25) is 0 Å². The standard InChI is InChI=1S/C21H26FN3O3/c1-15(2)25-19(7-9-23-25)20(26)24-10-4-8-21(14-24)12-18(13-27-21)28-17-6-3-5-16(22)11-17/h3,5-7,9,11,15,18H,4,8,10,12-14H2,1-2H3/t18-,21-/m1/s1. The van der Waals surface area contributed by atoms with E-state index in [0.29, 0.717) is 37.6 Å². The number of hydrogen-bond acceptors (Lipinski definition) is 4. The number of halogens is 1. The van der Waals surface area contributed by atoms with Gasteiger partial charge in [-0.2, -0.15) is 5.10 Å². The number of hydrogen-bond donors (Lipinski definition) is 0. The molecule has 1 aromatic heterocycles. The molecule has 3 heterocycles. The lowest BCUT2D eigenvalue weighted by atomic mass is 9.89. The number of carbonyl (C=O) groups is 1. The molecule has 0 N–H and O–H groups in total. The average molecular weight is 387 g/mol. The maximum atomic E-state index is 13.4. The molecule has 2 aromatic rings. The van der Waals surface area contributed by atoms with Crippen LogP contribution < -0.4 is 4.74 Å². The Morgan fingerprint density at radius 2 is 2.25 bits per heavy atom. The molecule has 4 rings (SSSR count). The molecular weight excluding hydrogens is 361 g/mol. The van der Waals surface area contributed by atoms with Gasteiger partial charge >= 0.3 is 0 Å². The molecule has 0 radical (unpaired) electrons. The van der Waals surface area contributed by atoms with Gasteiger partial charge in [-0.15, -0.1) is 0 Å². The van der Waals surface area contributed by atoms with Crippen molar-refractivity contribution in [3.8, 4) is 5.75 Å². The van der Waals surface area contributed by atoms with Gasteiger partial charge in [-0.1, -0.05) is 6.07 Å². The zero-order valence-electron chi connectivity index (χ0n) is 16.3. The Kier molecular flexibility index (Phi) is 5.10. The summed E-state index contributed by atoms with van der Waals surface area (Å²) in [6.07, 6.45) is 3.99. The summed E-state index contributed by atoms with van der Waals surface area (Å²) in [5.74, 6) is 0.181. The Morgan fingerprint density at radius 3 is 3.04 bits per heavy atom. The predicted molar refractivity (Wildman–Crippen MR) is 102 cm³/mol. The van der Waals surface area contributed by atoms with Gasteiger partial charge in [0.1, 0.15) is 23.4 Å². The second-order valence-electron chi connectivity index (χ2n) is 7.98. The van der Waals surface area contributed by atoms with Crippen LogP contribution in [0.15, 0.2) is 36.5 Å². The molecule has 1 aromatic carbocycles. The summed E-state index contributed by atoms with van der Waals surface area (Å²) in [7, 11) is 0. The van der Waals surface area contributed by atoms with Gasteiger partial charge in [0.15, 0.2) is 0 Å². The number of nitrogens with zero attached hydrogens (tertiary/aromatic N) is 3. The number of piperidine rings is 1. The summed E-state index contributed by atoms with van der Waals surface area (Å²) >= 11 is 0. The van der Waals surface area contributed by atoms with E-state index in [-0.39, 0.29) is 23.9 Å². The third-order valence-electron chi connectivity index (χ3n) is 5.48. The van der Waals surface area contributed by atoms with Crippen molar-refractivity contribution in [3.05, 3.63) is 48.0 Å². The molecular formula is C21H26FN3O3. The van der Waals surface area contributed by atoms with Crippen molar-refractivity contribution in [1.29, 1.82) is 0 Å². The molecule has 28 heavy (non-hydrogen) atoms. The molecule has 0 aliphatic carbocycles. The molecule has 2 fully saturated rings. The maximum Gasteiger partial charge on any atom is 0.272 e. The van der Waals surface area contributed by atoms with Crippen LogP contribution in [0.25, 0.3) is 0 Å². The van der Waals surface area contributed by atoms with Gasteiger partial charge in [0, 0.05) is 31.3 Å².